The smallest absolute Gasteiger partial charge is 0.332 e. The quantitative estimate of drug-likeness (QED) is 0.411. The molecule has 1 amide bonds. The normalized spacial score (nSPS) is 10.9. The van der Waals surface area contributed by atoms with Crippen LogP contribution in [0, 0.1) is 0 Å². The Balaban J connectivity index is 1.86. The van der Waals surface area contributed by atoms with E-state index in [1.165, 1.54) is 43.2 Å². The van der Waals surface area contributed by atoms with Crippen molar-refractivity contribution in [1.29, 1.82) is 0 Å². The van der Waals surface area contributed by atoms with E-state index in [0.717, 1.165) is 4.57 Å². The van der Waals surface area contributed by atoms with Crippen molar-refractivity contribution >= 4 is 45.7 Å². The number of aromatic nitrogens is 2. The maximum atomic E-state index is 13.4. The monoisotopic (exact) mass is 503 g/mol. The third-order valence-electron chi connectivity index (χ3n) is 5.13. The number of nitrogens with zero attached hydrogens (tertiary/aromatic N) is 2. The van der Waals surface area contributed by atoms with Gasteiger partial charge in [-0.15, -0.1) is 0 Å². The van der Waals surface area contributed by atoms with Gasteiger partial charge in [-0.05, 0) is 36.4 Å². The number of rotatable bonds is 7. The number of ether oxygens (including phenoxy) is 2. The van der Waals surface area contributed by atoms with E-state index < -0.39 is 23.7 Å². The van der Waals surface area contributed by atoms with E-state index in [1.807, 2.05) is 0 Å². The van der Waals surface area contributed by atoms with Crippen LogP contribution < -0.4 is 26.0 Å². The summed E-state index contributed by atoms with van der Waals surface area (Å²) >= 11 is 12.1. The molecule has 0 spiro atoms. The third kappa shape index (κ3) is 4.52. The Morgan fingerprint density at radius 3 is 2.44 bits per heavy atom. The van der Waals surface area contributed by atoms with E-state index in [9.17, 15) is 14.4 Å². The van der Waals surface area contributed by atoms with Gasteiger partial charge < -0.3 is 19.2 Å². The molecule has 2 heterocycles. The highest BCUT2D eigenvalue weighted by atomic mass is 35.5. The van der Waals surface area contributed by atoms with Crippen molar-refractivity contribution in [3.63, 3.8) is 0 Å². The average molecular weight is 504 g/mol. The summed E-state index contributed by atoms with van der Waals surface area (Å²) in [5.41, 5.74) is -0.768. The van der Waals surface area contributed by atoms with Crippen LogP contribution in [0.15, 0.2) is 62.7 Å². The molecule has 0 atom stereocenters. The van der Waals surface area contributed by atoms with Crippen molar-refractivity contribution in [2.75, 3.05) is 19.5 Å². The number of nitrogens with one attached hydrogen (secondary N) is 1. The summed E-state index contributed by atoms with van der Waals surface area (Å²) in [6.45, 7) is -0.525. The first-order valence-corrected chi connectivity index (χ1v) is 10.7. The first-order valence-electron chi connectivity index (χ1n) is 9.99. The summed E-state index contributed by atoms with van der Waals surface area (Å²) in [4.78, 5) is 39.5. The van der Waals surface area contributed by atoms with Gasteiger partial charge in [0.2, 0.25) is 5.91 Å². The van der Waals surface area contributed by atoms with Gasteiger partial charge in [0, 0.05) is 11.1 Å². The second-order valence-electron chi connectivity index (χ2n) is 7.24. The fourth-order valence-electron chi connectivity index (χ4n) is 3.52. The van der Waals surface area contributed by atoms with Crippen LogP contribution in [0.25, 0.3) is 10.9 Å². The van der Waals surface area contributed by atoms with E-state index in [1.54, 1.807) is 24.3 Å². The van der Waals surface area contributed by atoms with Crippen LogP contribution in [-0.4, -0.2) is 29.3 Å². The molecule has 176 valence electrons. The minimum atomic E-state index is -0.700. The first kappa shape index (κ1) is 23.5. The molecule has 0 fully saturated rings. The molecule has 34 heavy (non-hydrogen) atoms. The minimum absolute atomic E-state index is 0.114. The lowest BCUT2D eigenvalue weighted by atomic mass is 10.2. The number of amides is 1. The van der Waals surface area contributed by atoms with Gasteiger partial charge in [-0.2, -0.15) is 0 Å². The SMILES string of the molecule is COc1cc2c(=O)n(Cc3ccco3)c(=O)n(CC(=O)Nc3cc(Cl)ccc3Cl)c2cc1OC. The predicted molar refractivity (Wildman–Crippen MR) is 128 cm³/mol. The molecule has 0 aliphatic carbocycles. The van der Waals surface area contributed by atoms with E-state index >= 15 is 0 Å². The van der Waals surface area contributed by atoms with Gasteiger partial charge in [0.25, 0.3) is 5.56 Å². The zero-order valence-electron chi connectivity index (χ0n) is 18.1. The van der Waals surface area contributed by atoms with Crippen LogP contribution in [0.5, 0.6) is 11.5 Å². The molecule has 0 saturated carbocycles. The summed E-state index contributed by atoms with van der Waals surface area (Å²) < 4.78 is 18.1. The second kappa shape index (κ2) is 9.66. The molecule has 0 bridgehead atoms. The fourth-order valence-corrected chi connectivity index (χ4v) is 3.86. The summed E-state index contributed by atoms with van der Waals surface area (Å²) in [5, 5.41) is 3.47. The number of benzene rings is 2. The van der Waals surface area contributed by atoms with Gasteiger partial charge in [-0.3, -0.25) is 18.7 Å². The van der Waals surface area contributed by atoms with Gasteiger partial charge in [-0.1, -0.05) is 23.2 Å². The molecule has 11 heteroatoms. The molecule has 0 aliphatic rings. The topological polar surface area (TPSA) is 105 Å². The van der Waals surface area contributed by atoms with Crippen molar-refractivity contribution in [3.8, 4) is 11.5 Å². The molecular weight excluding hydrogens is 485 g/mol. The van der Waals surface area contributed by atoms with Gasteiger partial charge in [-0.25, -0.2) is 4.79 Å². The van der Waals surface area contributed by atoms with E-state index in [0.29, 0.717) is 28.0 Å². The Morgan fingerprint density at radius 2 is 1.76 bits per heavy atom. The highest BCUT2D eigenvalue weighted by Crippen LogP contribution is 2.30. The molecule has 2 aromatic carbocycles. The fraction of sp³-hybridized carbons (Fsp3) is 0.174. The minimum Gasteiger partial charge on any atom is -0.493 e. The van der Waals surface area contributed by atoms with Crippen LogP contribution in [0.1, 0.15) is 5.76 Å². The number of halogens is 2. The highest BCUT2D eigenvalue weighted by Gasteiger charge is 2.20. The zero-order chi connectivity index (χ0) is 24.4. The molecule has 9 nitrogen and oxygen atoms in total. The van der Waals surface area contributed by atoms with Crippen molar-refractivity contribution in [2.45, 2.75) is 13.1 Å². The van der Waals surface area contributed by atoms with Crippen LogP contribution in [-0.2, 0) is 17.9 Å². The van der Waals surface area contributed by atoms with Gasteiger partial charge in [0.05, 0.1) is 48.6 Å². The van der Waals surface area contributed by atoms with Gasteiger partial charge in [0.15, 0.2) is 11.5 Å². The molecule has 0 radical (unpaired) electrons. The van der Waals surface area contributed by atoms with E-state index in [4.69, 9.17) is 37.1 Å². The standard InChI is InChI=1S/C23H19Cl2N3O6/c1-32-19-9-15-18(10-20(19)33-2)27(12-21(29)26-17-8-13(24)5-6-16(17)25)23(31)28(22(15)30)11-14-4-3-7-34-14/h3-10H,11-12H2,1-2H3,(H,26,29). The van der Waals surface area contributed by atoms with Crippen molar-refractivity contribution in [2.24, 2.45) is 0 Å². The molecule has 4 rings (SSSR count). The van der Waals surface area contributed by atoms with Crippen LogP contribution in [0.2, 0.25) is 10.0 Å². The molecule has 0 aliphatic heterocycles. The summed E-state index contributed by atoms with van der Waals surface area (Å²) in [6.07, 6.45) is 1.44. The van der Waals surface area contributed by atoms with Crippen LogP contribution in [0.3, 0.4) is 0 Å². The summed E-state index contributed by atoms with van der Waals surface area (Å²) in [7, 11) is 2.86. The average Bonchev–Trinajstić information content (AvgIpc) is 3.34. The maximum Gasteiger partial charge on any atom is 0.332 e. The lowest BCUT2D eigenvalue weighted by Gasteiger charge is -2.16. The number of hydrogen-bond acceptors (Lipinski definition) is 6. The Kier molecular flexibility index (Phi) is 6.67. The number of methoxy groups -OCH3 is 2. The first-order chi connectivity index (χ1) is 16.3. The number of fused-ring (bicyclic) bond motifs is 1. The lowest BCUT2D eigenvalue weighted by Crippen LogP contribution is -2.42. The molecule has 1 N–H and O–H groups in total. The molecule has 0 saturated heterocycles. The predicted octanol–water partition coefficient (Wildman–Crippen LogP) is 3.77. The van der Waals surface area contributed by atoms with Gasteiger partial charge >= 0.3 is 5.69 Å². The zero-order valence-corrected chi connectivity index (χ0v) is 19.6. The number of anilines is 1. The third-order valence-corrected chi connectivity index (χ3v) is 5.69. The number of carbonyl (C=O) groups excluding carboxylic acids is 1. The van der Waals surface area contributed by atoms with Crippen molar-refractivity contribution in [3.05, 3.63) is 85.4 Å². The second-order valence-corrected chi connectivity index (χ2v) is 8.08. The molecule has 0 unspecified atom stereocenters. The van der Waals surface area contributed by atoms with E-state index in [2.05, 4.69) is 5.32 Å². The molecule has 4 aromatic rings. The summed E-state index contributed by atoms with van der Waals surface area (Å²) in [6, 6.07) is 10.9. The largest absolute Gasteiger partial charge is 0.493 e. The van der Waals surface area contributed by atoms with Crippen LogP contribution >= 0.6 is 23.2 Å². The number of furan rings is 1. The summed E-state index contributed by atoms with van der Waals surface area (Å²) in [5.74, 6) is 0.452. The lowest BCUT2D eigenvalue weighted by molar-refractivity contribution is -0.116. The number of hydrogen-bond donors (Lipinski definition) is 1. The Labute approximate surface area is 203 Å². The molecular formula is C23H19Cl2N3O6. The Hall–Kier alpha value is -3.69. The van der Waals surface area contributed by atoms with Crippen molar-refractivity contribution in [1.82, 2.24) is 9.13 Å². The Bertz CT molecular complexity index is 1490. The van der Waals surface area contributed by atoms with Gasteiger partial charge in [0.1, 0.15) is 12.3 Å². The van der Waals surface area contributed by atoms with E-state index in [-0.39, 0.29) is 22.5 Å². The van der Waals surface area contributed by atoms with Crippen LogP contribution in [0.4, 0.5) is 5.69 Å². The maximum absolute atomic E-state index is 13.4. The van der Waals surface area contributed by atoms with Crippen molar-refractivity contribution < 1.29 is 18.7 Å². The number of carbonyl (C=O) groups is 1. The molecule has 2 aromatic heterocycles. The highest BCUT2D eigenvalue weighted by molar-refractivity contribution is 6.35. The Morgan fingerprint density at radius 1 is 1.03 bits per heavy atom.